The van der Waals surface area contributed by atoms with Gasteiger partial charge in [-0.15, -0.1) is 11.3 Å². The summed E-state index contributed by atoms with van der Waals surface area (Å²) in [4.78, 5) is 33.6. The van der Waals surface area contributed by atoms with Crippen molar-refractivity contribution < 1.29 is 14.3 Å². The van der Waals surface area contributed by atoms with Gasteiger partial charge in [0.1, 0.15) is 5.82 Å². The first-order valence-electron chi connectivity index (χ1n) is 9.05. The van der Waals surface area contributed by atoms with E-state index in [1.165, 1.54) is 0 Å². The first-order chi connectivity index (χ1) is 13.2. The van der Waals surface area contributed by atoms with Crippen LogP contribution in [0.4, 0.5) is 5.82 Å². The average Bonchev–Trinajstić information content (AvgIpc) is 3.21. The third kappa shape index (κ3) is 5.51. The molecule has 1 aliphatic heterocycles. The van der Waals surface area contributed by atoms with Gasteiger partial charge in [-0.3, -0.25) is 9.69 Å². The van der Waals surface area contributed by atoms with E-state index >= 15 is 0 Å². The van der Waals surface area contributed by atoms with Crippen LogP contribution in [0.5, 0.6) is 0 Å². The molecule has 0 bridgehead atoms. The van der Waals surface area contributed by atoms with Crippen LogP contribution < -0.4 is 10.2 Å². The van der Waals surface area contributed by atoms with Gasteiger partial charge in [-0.05, 0) is 30.5 Å². The van der Waals surface area contributed by atoms with Crippen LogP contribution in [0.3, 0.4) is 0 Å². The van der Waals surface area contributed by atoms with Crippen LogP contribution in [0.25, 0.3) is 0 Å². The summed E-state index contributed by atoms with van der Waals surface area (Å²) in [5, 5.41) is 4.97. The van der Waals surface area contributed by atoms with Crippen LogP contribution in [0.1, 0.15) is 22.2 Å². The molecular formula is C19H24N4O3S. The minimum atomic E-state index is -0.352. The molecule has 1 saturated heterocycles. The van der Waals surface area contributed by atoms with Crippen molar-refractivity contribution in [1.82, 2.24) is 15.2 Å². The number of aromatic nitrogens is 1. The molecule has 0 saturated carbocycles. The zero-order chi connectivity index (χ0) is 19.1. The predicted octanol–water partition coefficient (Wildman–Crippen LogP) is 1.76. The van der Waals surface area contributed by atoms with Crippen molar-refractivity contribution in [3.8, 4) is 0 Å². The van der Waals surface area contributed by atoms with E-state index in [-0.39, 0.29) is 11.9 Å². The SMILES string of the molecule is CCOC(=O)c1ccc(N2CCN(CC(=O)NCc3cccs3)CC2)nc1. The lowest BCUT2D eigenvalue weighted by atomic mass is 10.2. The van der Waals surface area contributed by atoms with E-state index in [0.29, 0.717) is 25.3 Å². The molecule has 27 heavy (non-hydrogen) atoms. The van der Waals surface area contributed by atoms with Crippen LogP contribution in [-0.4, -0.2) is 61.1 Å². The molecule has 8 heteroatoms. The van der Waals surface area contributed by atoms with Gasteiger partial charge >= 0.3 is 5.97 Å². The zero-order valence-corrected chi connectivity index (χ0v) is 16.2. The molecule has 1 amide bonds. The average molecular weight is 388 g/mol. The number of thiophene rings is 1. The smallest absolute Gasteiger partial charge is 0.339 e. The largest absolute Gasteiger partial charge is 0.462 e. The van der Waals surface area contributed by atoms with Gasteiger partial charge in [0.05, 0.1) is 25.3 Å². The maximum atomic E-state index is 12.1. The van der Waals surface area contributed by atoms with Crippen LogP contribution >= 0.6 is 11.3 Å². The van der Waals surface area contributed by atoms with Gasteiger partial charge in [0.2, 0.25) is 5.91 Å². The standard InChI is InChI=1S/C19H24N4O3S/c1-2-26-19(25)15-5-6-17(20-12-15)23-9-7-22(8-10-23)14-18(24)21-13-16-4-3-11-27-16/h3-6,11-12H,2,7-10,13-14H2,1H3,(H,21,24). The molecule has 0 atom stereocenters. The first kappa shape index (κ1) is 19.3. The summed E-state index contributed by atoms with van der Waals surface area (Å²) >= 11 is 1.64. The monoisotopic (exact) mass is 388 g/mol. The summed E-state index contributed by atoms with van der Waals surface area (Å²) < 4.78 is 4.97. The molecular weight excluding hydrogens is 364 g/mol. The van der Waals surface area contributed by atoms with E-state index in [9.17, 15) is 9.59 Å². The van der Waals surface area contributed by atoms with Crippen LogP contribution in [0.2, 0.25) is 0 Å². The number of pyridine rings is 1. The van der Waals surface area contributed by atoms with Gasteiger partial charge in [0.25, 0.3) is 0 Å². The molecule has 1 N–H and O–H groups in total. The lowest BCUT2D eigenvalue weighted by Crippen LogP contribution is -2.49. The van der Waals surface area contributed by atoms with E-state index in [1.54, 1.807) is 30.5 Å². The molecule has 1 aliphatic rings. The molecule has 3 rings (SSSR count). The highest BCUT2D eigenvalue weighted by Crippen LogP contribution is 2.14. The highest BCUT2D eigenvalue weighted by molar-refractivity contribution is 7.09. The lowest BCUT2D eigenvalue weighted by Gasteiger charge is -2.35. The second kappa shape index (κ2) is 9.48. The quantitative estimate of drug-likeness (QED) is 0.729. The Hall–Kier alpha value is -2.45. The second-order valence-electron chi connectivity index (χ2n) is 6.24. The van der Waals surface area contributed by atoms with Crippen molar-refractivity contribution in [1.29, 1.82) is 0 Å². The summed E-state index contributed by atoms with van der Waals surface area (Å²) in [5.41, 5.74) is 0.460. The summed E-state index contributed by atoms with van der Waals surface area (Å²) in [5.74, 6) is 0.536. The van der Waals surface area contributed by atoms with Crippen LogP contribution in [0.15, 0.2) is 35.8 Å². The zero-order valence-electron chi connectivity index (χ0n) is 15.4. The van der Waals surface area contributed by atoms with Gasteiger partial charge in [-0.2, -0.15) is 0 Å². The van der Waals surface area contributed by atoms with Gasteiger partial charge in [-0.25, -0.2) is 9.78 Å². The maximum Gasteiger partial charge on any atom is 0.339 e. The van der Waals surface area contributed by atoms with Crippen molar-refractivity contribution in [2.45, 2.75) is 13.5 Å². The van der Waals surface area contributed by atoms with Crippen molar-refractivity contribution in [2.75, 3.05) is 44.2 Å². The number of esters is 1. The van der Waals surface area contributed by atoms with Crippen molar-refractivity contribution in [2.24, 2.45) is 0 Å². The van der Waals surface area contributed by atoms with Crippen molar-refractivity contribution in [3.05, 3.63) is 46.3 Å². The summed E-state index contributed by atoms with van der Waals surface area (Å²) in [6.07, 6.45) is 1.55. The third-order valence-corrected chi connectivity index (χ3v) is 5.24. The van der Waals surface area contributed by atoms with E-state index in [0.717, 1.165) is 36.9 Å². The number of ether oxygens (including phenoxy) is 1. The molecule has 1 fully saturated rings. The maximum absolute atomic E-state index is 12.1. The Morgan fingerprint density at radius 2 is 2.04 bits per heavy atom. The molecule has 3 heterocycles. The highest BCUT2D eigenvalue weighted by atomic mass is 32.1. The molecule has 0 radical (unpaired) electrons. The second-order valence-corrected chi connectivity index (χ2v) is 7.28. The Balaban J connectivity index is 1.43. The molecule has 0 aliphatic carbocycles. The number of carbonyl (C=O) groups excluding carboxylic acids is 2. The molecule has 0 aromatic carbocycles. The van der Waals surface area contributed by atoms with Crippen molar-refractivity contribution in [3.63, 3.8) is 0 Å². The Morgan fingerprint density at radius 3 is 2.67 bits per heavy atom. The fraction of sp³-hybridized carbons (Fsp3) is 0.421. The molecule has 2 aromatic heterocycles. The number of carbonyl (C=O) groups is 2. The Labute approximate surface area is 162 Å². The number of nitrogens with one attached hydrogen (secondary N) is 1. The minimum absolute atomic E-state index is 0.0498. The lowest BCUT2D eigenvalue weighted by molar-refractivity contribution is -0.122. The third-order valence-electron chi connectivity index (χ3n) is 4.36. The van der Waals surface area contributed by atoms with Gasteiger partial charge in [-0.1, -0.05) is 6.07 Å². The van der Waals surface area contributed by atoms with Gasteiger partial charge in [0.15, 0.2) is 0 Å². The van der Waals surface area contributed by atoms with Crippen molar-refractivity contribution >= 4 is 29.0 Å². The number of hydrogen-bond acceptors (Lipinski definition) is 7. The highest BCUT2D eigenvalue weighted by Gasteiger charge is 2.20. The minimum Gasteiger partial charge on any atom is -0.462 e. The predicted molar refractivity (Wildman–Crippen MR) is 105 cm³/mol. The van der Waals surface area contributed by atoms with Gasteiger partial charge < -0.3 is 15.0 Å². The molecule has 0 unspecified atom stereocenters. The molecule has 7 nitrogen and oxygen atoms in total. The Kier molecular flexibility index (Phi) is 6.78. The number of anilines is 1. The molecule has 144 valence electrons. The number of rotatable bonds is 7. The van der Waals surface area contributed by atoms with Crippen LogP contribution in [0, 0.1) is 0 Å². The van der Waals surface area contributed by atoms with Crippen LogP contribution in [-0.2, 0) is 16.1 Å². The fourth-order valence-corrected chi connectivity index (χ4v) is 3.55. The summed E-state index contributed by atoms with van der Waals surface area (Å²) in [6, 6.07) is 7.59. The normalized spacial score (nSPS) is 14.8. The first-order valence-corrected chi connectivity index (χ1v) is 9.93. The van der Waals surface area contributed by atoms with E-state index in [2.05, 4.69) is 20.1 Å². The van der Waals surface area contributed by atoms with E-state index in [4.69, 9.17) is 4.74 Å². The number of piperazine rings is 1. The molecule has 0 spiro atoms. The van der Waals surface area contributed by atoms with E-state index < -0.39 is 0 Å². The summed E-state index contributed by atoms with van der Waals surface area (Å²) in [6.45, 7) is 6.32. The van der Waals surface area contributed by atoms with E-state index in [1.807, 2.05) is 23.6 Å². The Bertz CT molecular complexity index is 741. The summed E-state index contributed by atoms with van der Waals surface area (Å²) in [7, 11) is 0. The fourth-order valence-electron chi connectivity index (χ4n) is 2.90. The topological polar surface area (TPSA) is 74.8 Å². The number of amides is 1. The number of nitrogens with zero attached hydrogens (tertiary/aromatic N) is 3. The van der Waals surface area contributed by atoms with Gasteiger partial charge in [0, 0.05) is 37.3 Å². The Morgan fingerprint density at radius 1 is 1.22 bits per heavy atom. The number of hydrogen-bond donors (Lipinski definition) is 1. The molecule has 2 aromatic rings.